The quantitative estimate of drug-likeness (QED) is 0.597. The van der Waals surface area contributed by atoms with E-state index in [1.807, 2.05) is 0 Å². The maximum atomic E-state index is 12.9. The minimum Gasteiger partial charge on any atom is -0.495 e. The first kappa shape index (κ1) is 23.3. The molecule has 0 spiro atoms. The SMILES string of the molecule is COc1ccc(C(=O)OCC(=O)NCCc2ccc(F)cc2)cc1S(=O)(=O)N(C)C. The van der Waals surface area contributed by atoms with Gasteiger partial charge < -0.3 is 14.8 Å². The average molecular weight is 438 g/mol. The van der Waals surface area contributed by atoms with Crippen LogP contribution >= 0.6 is 0 Å². The molecule has 0 saturated carbocycles. The molecule has 1 N–H and O–H groups in total. The molecule has 0 aliphatic carbocycles. The van der Waals surface area contributed by atoms with E-state index in [0.717, 1.165) is 15.9 Å². The number of halogens is 1. The molecule has 0 unspecified atom stereocenters. The molecule has 8 nitrogen and oxygen atoms in total. The van der Waals surface area contributed by atoms with E-state index in [-0.39, 0.29) is 28.6 Å². The first-order chi connectivity index (χ1) is 14.1. The lowest BCUT2D eigenvalue weighted by Gasteiger charge is -2.15. The molecule has 0 bridgehead atoms. The number of rotatable bonds is 9. The lowest BCUT2D eigenvalue weighted by atomic mass is 10.1. The molecule has 0 saturated heterocycles. The molecule has 1 amide bonds. The van der Waals surface area contributed by atoms with Gasteiger partial charge in [0.1, 0.15) is 16.5 Å². The van der Waals surface area contributed by atoms with Crippen molar-refractivity contribution in [3.05, 3.63) is 59.4 Å². The van der Waals surface area contributed by atoms with Gasteiger partial charge in [-0.3, -0.25) is 4.79 Å². The van der Waals surface area contributed by atoms with Crippen LogP contribution in [0, 0.1) is 5.82 Å². The summed E-state index contributed by atoms with van der Waals surface area (Å²) in [7, 11) is 0.182. The lowest BCUT2D eigenvalue weighted by Crippen LogP contribution is -2.30. The van der Waals surface area contributed by atoms with Gasteiger partial charge in [-0.05, 0) is 42.3 Å². The smallest absolute Gasteiger partial charge is 0.338 e. The van der Waals surface area contributed by atoms with Crippen LogP contribution in [0.25, 0.3) is 0 Å². The fraction of sp³-hybridized carbons (Fsp3) is 0.300. The van der Waals surface area contributed by atoms with Crippen molar-refractivity contribution in [1.82, 2.24) is 9.62 Å². The van der Waals surface area contributed by atoms with E-state index in [4.69, 9.17) is 9.47 Å². The molecule has 0 radical (unpaired) electrons. The molecular formula is C20H23FN2O6S. The van der Waals surface area contributed by atoms with Crippen LogP contribution in [0.1, 0.15) is 15.9 Å². The van der Waals surface area contributed by atoms with Crippen molar-refractivity contribution < 1.29 is 31.9 Å². The molecule has 0 fully saturated rings. The van der Waals surface area contributed by atoms with Crippen molar-refractivity contribution >= 4 is 21.9 Å². The summed E-state index contributed by atoms with van der Waals surface area (Å²) >= 11 is 0. The van der Waals surface area contributed by atoms with E-state index in [1.54, 1.807) is 12.1 Å². The number of esters is 1. The number of methoxy groups -OCH3 is 1. The number of hydrogen-bond donors (Lipinski definition) is 1. The van der Waals surface area contributed by atoms with E-state index in [2.05, 4.69) is 5.32 Å². The van der Waals surface area contributed by atoms with Crippen LogP contribution < -0.4 is 10.1 Å². The third-order valence-corrected chi connectivity index (χ3v) is 5.98. The molecule has 0 atom stereocenters. The molecule has 0 aliphatic heterocycles. The minimum atomic E-state index is -3.85. The number of ether oxygens (including phenoxy) is 2. The Bertz CT molecular complexity index is 1010. The largest absolute Gasteiger partial charge is 0.495 e. The van der Waals surface area contributed by atoms with Crippen LogP contribution in [0.4, 0.5) is 4.39 Å². The van der Waals surface area contributed by atoms with Crippen molar-refractivity contribution in [3.8, 4) is 5.75 Å². The van der Waals surface area contributed by atoms with E-state index in [1.165, 1.54) is 45.5 Å². The Kier molecular flexibility index (Phi) is 7.90. The van der Waals surface area contributed by atoms with Crippen LogP contribution in [0.5, 0.6) is 5.75 Å². The zero-order valence-corrected chi connectivity index (χ0v) is 17.7. The third-order valence-electron chi connectivity index (χ3n) is 4.14. The molecule has 2 aromatic carbocycles. The highest BCUT2D eigenvalue weighted by atomic mass is 32.2. The Morgan fingerprint density at radius 1 is 1.10 bits per heavy atom. The highest BCUT2D eigenvalue weighted by Gasteiger charge is 2.24. The highest BCUT2D eigenvalue weighted by Crippen LogP contribution is 2.27. The van der Waals surface area contributed by atoms with Crippen LogP contribution in [-0.2, 0) is 26.0 Å². The predicted octanol–water partition coefficient (Wildman–Crippen LogP) is 1.60. The number of hydrogen-bond acceptors (Lipinski definition) is 6. The molecule has 0 heterocycles. The number of amides is 1. The van der Waals surface area contributed by atoms with Crippen LogP contribution in [0.2, 0.25) is 0 Å². The van der Waals surface area contributed by atoms with Gasteiger partial charge in [0.2, 0.25) is 10.0 Å². The first-order valence-electron chi connectivity index (χ1n) is 8.94. The summed E-state index contributed by atoms with van der Waals surface area (Å²) in [6.07, 6.45) is 0.490. The number of carbonyl (C=O) groups is 2. The number of carbonyl (C=O) groups excluding carboxylic acids is 2. The van der Waals surface area contributed by atoms with Crippen LogP contribution in [0.3, 0.4) is 0 Å². The second-order valence-corrected chi connectivity index (χ2v) is 8.58. The van der Waals surface area contributed by atoms with E-state index in [9.17, 15) is 22.4 Å². The topological polar surface area (TPSA) is 102 Å². The van der Waals surface area contributed by atoms with E-state index < -0.39 is 28.5 Å². The fourth-order valence-electron chi connectivity index (χ4n) is 2.46. The zero-order valence-electron chi connectivity index (χ0n) is 16.8. The number of nitrogens with zero attached hydrogens (tertiary/aromatic N) is 1. The zero-order chi connectivity index (χ0) is 22.3. The molecule has 2 rings (SSSR count). The average Bonchev–Trinajstić information content (AvgIpc) is 2.72. The number of benzene rings is 2. The van der Waals surface area contributed by atoms with Crippen molar-refractivity contribution in [2.24, 2.45) is 0 Å². The summed E-state index contributed by atoms with van der Waals surface area (Å²) < 4.78 is 48.7. The van der Waals surface area contributed by atoms with Gasteiger partial charge in [-0.15, -0.1) is 0 Å². The fourth-order valence-corrected chi connectivity index (χ4v) is 3.54. The van der Waals surface area contributed by atoms with Crippen LogP contribution in [-0.4, -0.2) is 59.0 Å². The molecule has 0 aliphatic rings. The summed E-state index contributed by atoms with van der Waals surface area (Å²) in [5, 5.41) is 2.59. The molecule has 162 valence electrons. The van der Waals surface area contributed by atoms with Gasteiger partial charge in [0.05, 0.1) is 12.7 Å². The first-order valence-corrected chi connectivity index (χ1v) is 10.4. The van der Waals surface area contributed by atoms with E-state index in [0.29, 0.717) is 6.42 Å². The van der Waals surface area contributed by atoms with Crippen molar-refractivity contribution in [2.75, 3.05) is 34.4 Å². The maximum Gasteiger partial charge on any atom is 0.338 e. The Morgan fingerprint density at radius 2 is 1.77 bits per heavy atom. The van der Waals surface area contributed by atoms with Crippen molar-refractivity contribution in [1.29, 1.82) is 0 Å². The monoisotopic (exact) mass is 438 g/mol. The van der Waals surface area contributed by atoms with Gasteiger partial charge in [-0.1, -0.05) is 12.1 Å². The third kappa shape index (κ3) is 6.01. The normalized spacial score (nSPS) is 11.2. The summed E-state index contributed by atoms with van der Waals surface area (Å²) in [6, 6.07) is 9.73. The highest BCUT2D eigenvalue weighted by molar-refractivity contribution is 7.89. The van der Waals surface area contributed by atoms with Crippen molar-refractivity contribution in [3.63, 3.8) is 0 Å². The summed E-state index contributed by atoms with van der Waals surface area (Å²) in [4.78, 5) is 23.9. The minimum absolute atomic E-state index is 0.0321. The van der Waals surface area contributed by atoms with E-state index >= 15 is 0 Å². The number of sulfonamides is 1. The maximum absolute atomic E-state index is 12.9. The molecule has 30 heavy (non-hydrogen) atoms. The Morgan fingerprint density at radius 3 is 2.37 bits per heavy atom. The summed E-state index contributed by atoms with van der Waals surface area (Å²) in [5.74, 6) is -1.62. The molecular weight excluding hydrogens is 415 g/mol. The second kappa shape index (κ2) is 10.2. The van der Waals surface area contributed by atoms with Gasteiger partial charge in [0.25, 0.3) is 5.91 Å². The summed E-state index contributed by atoms with van der Waals surface area (Å²) in [5.41, 5.74) is 0.817. The summed E-state index contributed by atoms with van der Waals surface area (Å²) in [6.45, 7) is -0.236. The molecule has 10 heteroatoms. The predicted molar refractivity (Wildman–Crippen MR) is 107 cm³/mol. The lowest BCUT2D eigenvalue weighted by molar-refractivity contribution is -0.124. The van der Waals surface area contributed by atoms with Gasteiger partial charge >= 0.3 is 5.97 Å². The standard InChI is InChI=1S/C20H23FN2O6S/c1-23(2)30(26,27)18-12-15(6-9-17(18)28-3)20(25)29-13-19(24)22-11-10-14-4-7-16(21)8-5-14/h4-9,12H,10-11,13H2,1-3H3,(H,22,24). The van der Waals surface area contributed by atoms with Crippen molar-refractivity contribution in [2.45, 2.75) is 11.3 Å². The molecule has 0 aromatic heterocycles. The Labute approximate surface area is 174 Å². The second-order valence-electron chi connectivity index (χ2n) is 6.46. The van der Waals surface area contributed by atoms with Crippen LogP contribution in [0.15, 0.2) is 47.4 Å². The Balaban J connectivity index is 1.94. The van der Waals surface area contributed by atoms with Gasteiger partial charge in [0.15, 0.2) is 6.61 Å². The Hall–Kier alpha value is -2.98. The van der Waals surface area contributed by atoms with Gasteiger partial charge in [-0.2, -0.15) is 0 Å². The number of nitrogens with one attached hydrogen (secondary N) is 1. The van der Waals surface area contributed by atoms with Gasteiger partial charge in [-0.25, -0.2) is 21.9 Å². The van der Waals surface area contributed by atoms with Gasteiger partial charge in [0, 0.05) is 20.6 Å². The molecule has 2 aromatic rings.